The second kappa shape index (κ2) is 20.3. The van der Waals surface area contributed by atoms with Gasteiger partial charge in [-0.1, -0.05) is 12.1 Å². The first-order chi connectivity index (χ1) is 16.9. The molecule has 0 aliphatic carbocycles. The largest absolute Gasteiger partial charge is 0.489 e. The van der Waals surface area contributed by atoms with E-state index in [9.17, 15) is 4.79 Å². The van der Waals surface area contributed by atoms with Gasteiger partial charge in [0.1, 0.15) is 18.0 Å². The van der Waals surface area contributed by atoms with Crippen LogP contribution in [0.5, 0.6) is 5.75 Å². The van der Waals surface area contributed by atoms with Gasteiger partial charge in [0, 0.05) is 0 Å². The number of benzene rings is 1. The van der Waals surface area contributed by atoms with Gasteiger partial charge in [-0.15, -0.1) is 0 Å². The fourth-order valence-corrected chi connectivity index (χ4v) is 2.57. The minimum Gasteiger partial charge on any atom is -0.489 e. The van der Waals surface area contributed by atoms with Crippen LogP contribution in [0.3, 0.4) is 0 Å². The molecule has 2 N–H and O–H groups in total. The molecule has 0 saturated carbocycles. The number of carbonyl (C=O) groups excluding carboxylic acids is 1. The zero-order valence-electron chi connectivity index (χ0n) is 21.5. The van der Waals surface area contributed by atoms with E-state index in [2.05, 4.69) is 0 Å². The molecule has 0 bridgehead atoms. The smallest absolute Gasteiger partial charge is 0.308 e. The highest BCUT2D eigenvalue weighted by Gasteiger charge is 2.15. The highest BCUT2D eigenvalue weighted by molar-refractivity contribution is 5.69. The lowest BCUT2D eigenvalue weighted by atomic mass is 10.2. The highest BCUT2D eigenvalue weighted by Crippen LogP contribution is 2.19. The standard InChI is InChI=1S/C25H43NO9/c1-25(2,3)35-24(27)8-9-28-10-11-29-12-13-30-14-15-31-16-17-32-18-19-33-20-21-34-23-7-5-4-6-22(23)26/h4-7H,8-21,26H2,1-3H3. The van der Waals surface area contributed by atoms with E-state index in [0.29, 0.717) is 97.3 Å². The Morgan fingerprint density at radius 1 is 0.657 bits per heavy atom. The average molecular weight is 502 g/mol. The van der Waals surface area contributed by atoms with E-state index in [4.69, 9.17) is 43.6 Å². The van der Waals surface area contributed by atoms with Gasteiger partial charge < -0.3 is 43.6 Å². The molecule has 0 fully saturated rings. The van der Waals surface area contributed by atoms with Crippen molar-refractivity contribution >= 4 is 11.7 Å². The zero-order chi connectivity index (χ0) is 25.6. The number of esters is 1. The summed E-state index contributed by atoms with van der Waals surface area (Å²) in [6.07, 6.45) is 0.236. The molecule has 35 heavy (non-hydrogen) atoms. The first-order valence-electron chi connectivity index (χ1n) is 12.0. The summed E-state index contributed by atoms with van der Waals surface area (Å²) in [4.78, 5) is 11.5. The first-order valence-corrected chi connectivity index (χ1v) is 12.0. The normalized spacial score (nSPS) is 11.5. The van der Waals surface area contributed by atoms with Crippen LogP contribution in [0.2, 0.25) is 0 Å². The second-order valence-electron chi connectivity index (χ2n) is 8.40. The van der Waals surface area contributed by atoms with Crippen molar-refractivity contribution in [3.63, 3.8) is 0 Å². The third kappa shape index (κ3) is 20.0. The lowest BCUT2D eigenvalue weighted by Crippen LogP contribution is -2.24. The van der Waals surface area contributed by atoms with Crippen LogP contribution in [0.25, 0.3) is 0 Å². The third-order valence-corrected chi connectivity index (χ3v) is 4.13. The monoisotopic (exact) mass is 501 g/mol. The average Bonchev–Trinajstić information content (AvgIpc) is 2.80. The molecule has 0 aliphatic rings. The van der Waals surface area contributed by atoms with Gasteiger partial charge in [0.05, 0.1) is 91.4 Å². The predicted molar refractivity (Wildman–Crippen MR) is 132 cm³/mol. The number of nitrogens with two attached hydrogens (primary N) is 1. The van der Waals surface area contributed by atoms with Gasteiger partial charge in [0.2, 0.25) is 0 Å². The van der Waals surface area contributed by atoms with E-state index < -0.39 is 5.60 Å². The Hall–Kier alpha value is -1.95. The maximum absolute atomic E-state index is 11.5. The first kappa shape index (κ1) is 31.1. The van der Waals surface area contributed by atoms with Gasteiger partial charge in [-0.3, -0.25) is 4.79 Å². The van der Waals surface area contributed by atoms with Gasteiger partial charge in [-0.05, 0) is 32.9 Å². The molecule has 10 nitrogen and oxygen atoms in total. The number of nitrogen functional groups attached to an aromatic ring is 1. The number of ether oxygens (including phenoxy) is 8. The van der Waals surface area contributed by atoms with Crippen molar-refractivity contribution in [2.75, 3.05) is 91.6 Å². The lowest BCUT2D eigenvalue weighted by molar-refractivity contribution is -0.156. The Kier molecular flexibility index (Phi) is 18.0. The SMILES string of the molecule is CC(C)(C)OC(=O)CCOCCOCCOCCOCCOCCOCCOc1ccccc1N. The van der Waals surface area contributed by atoms with E-state index in [1.807, 2.05) is 39.0 Å². The minimum atomic E-state index is -0.468. The molecular formula is C25H43NO9. The molecule has 0 radical (unpaired) electrons. The van der Waals surface area contributed by atoms with E-state index in [1.165, 1.54) is 0 Å². The molecule has 10 heteroatoms. The molecule has 0 heterocycles. The number of para-hydroxylation sites is 2. The molecule has 0 aliphatic heterocycles. The maximum atomic E-state index is 11.5. The number of carbonyl (C=O) groups is 1. The minimum absolute atomic E-state index is 0.236. The fraction of sp³-hybridized carbons (Fsp3) is 0.720. The van der Waals surface area contributed by atoms with E-state index in [1.54, 1.807) is 6.07 Å². The Morgan fingerprint density at radius 3 is 1.49 bits per heavy atom. The zero-order valence-corrected chi connectivity index (χ0v) is 21.5. The van der Waals surface area contributed by atoms with Gasteiger partial charge in [-0.2, -0.15) is 0 Å². The Balaban J connectivity index is 1.72. The summed E-state index contributed by atoms with van der Waals surface area (Å²) in [6.45, 7) is 11.5. The van der Waals surface area contributed by atoms with Gasteiger partial charge in [-0.25, -0.2) is 0 Å². The van der Waals surface area contributed by atoms with Gasteiger partial charge in [0.15, 0.2) is 0 Å². The summed E-state index contributed by atoms with van der Waals surface area (Å²) in [7, 11) is 0. The van der Waals surface area contributed by atoms with Crippen LogP contribution in [0.1, 0.15) is 27.2 Å². The van der Waals surface area contributed by atoms with Crippen LogP contribution in [0, 0.1) is 0 Å². The van der Waals surface area contributed by atoms with Crippen LogP contribution >= 0.6 is 0 Å². The Bertz CT molecular complexity index is 652. The summed E-state index contributed by atoms with van der Waals surface area (Å²) < 4.78 is 43.2. The quantitative estimate of drug-likeness (QED) is 0.144. The summed E-state index contributed by atoms with van der Waals surface area (Å²) in [5, 5.41) is 0. The molecule has 1 aromatic rings. The van der Waals surface area contributed by atoms with E-state index >= 15 is 0 Å². The van der Waals surface area contributed by atoms with Crippen molar-refractivity contribution in [1.82, 2.24) is 0 Å². The molecule has 0 atom stereocenters. The van der Waals surface area contributed by atoms with E-state index in [0.717, 1.165) is 0 Å². The van der Waals surface area contributed by atoms with Gasteiger partial charge in [0.25, 0.3) is 0 Å². The molecule has 0 saturated heterocycles. The number of hydrogen-bond donors (Lipinski definition) is 1. The maximum Gasteiger partial charge on any atom is 0.308 e. The lowest BCUT2D eigenvalue weighted by Gasteiger charge is -2.19. The number of anilines is 1. The Morgan fingerprint density at radius 2 is 1.06 bits per heavy atom. The summed E-state index contributed by atoms with van der Waals surface area (Å²) >= 11 is 0. The molecule has 1 aromatic carbocycles. The Labute approximate surface area is 209 Å². The summed E-state index contributed by atoms with van der Waals surface area (Å²) in [5.74, 6) is 0.404. The molecule has 0 unspecified atom stereocenters. The van der Waals surface area contributed by atoms with Crippen LogP contribution in [-0.4, -0.2) is 97.5 Å². The van der Waals surface area contributed by atoms with Gasteiger partial charge >= 0.3 is 5.97 Å². The van der Waals surface area contributed by atoms with Crippen LogP contribution in [0.4, 0.5) is 5.69 Å². The highest BCUT2D eigenvalue weighted by atomic mass is 16.6. The van der Waals surface area contributed by atoms with Crippen LogP contribution in [-0.2, 0) is 38.0 Å². The van der Waals surface area contributed by atoms with Crippen molar-refractivity contribution in [2.45, 2.75) is 32.8 Å². The molecule has 202 valence electrons. The van der Waals surface area contributed by atoms with Crippen molar-refractivity contribution < 1.29 is 42.7 Å². The van der Waals surface area contributed by atoms with Crippen molar-refractivity contribution in [1.29, 1.82) is 0 Å². The van der Waals surface area contributed by atoms with Crippen molar-refractivity contribution in [2.24, 2.45) is 0 Å². The summed E-state index contributed by atoms with van der Waals surface area (Å²) in [6, 6.07) is 7.36. The molecule has 0 aromatic heterocycles. The predicted octanol–water partition coefficient (Wildman–Crippen LogP) is 2.48. The van der Waals surface area contributed by atoms with Crippen LogP contribution in [0.15, 0.2) is 24.3 Å². The van der Waals surface area contributed by atoms with E-state index in [-0.39, 0.29) is 12.4 Å². The number of hydrogen-bond acceptors (Lipinski definition) is 10. The van der Waals surface area contributed by atoms with Crippen LogP contribution < -0.4 is 10.5 Å². The van der Waals surface area contributed by atoms with Crippen molar-refractivity contribution in [3.05, 3.63) is 24.3 Å². The number of rotatable bonds is 22. The second-order valence-corrected chi connectivity index (χ2v) is 8.40. The fourth-order valence-electron chi connectivity index (χ4n) is 2.57. The molecule has 1 rings (SSSR count). The molecule has 0 amide bonds. The third-order valence-electron chi connectivity index (χ3n) is 4.13. The molecule has 0 spiro atoms. The summed E-state index contributed by atoms with van der Waals surface area (Å²) in [5.41, 5.74) is 5.95. The van der Waals surface area contributed by atoms with Crippen molar-refractivity contribution in [3.8, 4) is 5.75 Å². The topological polar surface area (TPSA) is 117 Å². The molecular weight excluding hydrogens is 458 g/mol.